The van der Waals surface area contributed by atoms with Gasteiger partial charge in [0.2, 0.25) is 0 Å². The molecule has 0 amide bonds. The van der Waals surface area contributed by atoms with Gasteiger partial charge in [-0.25, -0.2) is 0 Å². The Labute approximate surface area is 133 Å². The van der Waals surface area contributed by atoms with Crippen molar-refractivity contribution in [3.05, 3.63) is 33.8 Å². The van der Waals surface area contributed by atoms with Crippen molar-refractivity contribution >= 4 is 15.9 Å². The minimum atomic E-state index is 0.508. The van der Waals surface area contributed by atoms with Crippen molar-refractivity contribution in [2.75, 3.05) is 6.54 Å². The predicted octanol–water partition coefficient (Wildman–Crippen LogP) is 6.16. The van der Waals surface area contributed by atoms with Crippen LogP contribution in [0.2, 0.25) is 0 Å². The molecule has 1 aromatic rings. The summed E-state index contributed by atoms with van der Waals surface area (Å²) in [4.78, 5) is 0. The molecule has 0 aliphatic rings. The second-order valence-corrected chi connectivity index (χ2v) is 6.57. The van der Waals surface area contributed by atoms with Crippen LogP contribution >= 0.6 is 15.9 Å². The molecule has 0 heterocycles. The molecular formula is C18H30BrN. The lowest BCUT2D eigenvalue weighted by Gasteiger charge is -2.20. The van der Waals surface area contributed by atoms with Crippen molar-refractivity contribution in [1.82, 2.24) is 5.32 Å². The zero-order valence-electron chi connectivity index (χ0n) is 13.3. The van der Waals surface area contributed by atoms with Crippen molar-refractivity contribution in [1.29, 1.82) is 0 Å². The van der Waals surface area contributed by atoms with Gasteiger partial charge in [-0.05, 0) is 43.5 Å². The van der Waals surface area contributed by atoms with Gasteiger partial charge in [-0.2, -0.15) is 0 Å². The summed E-state index contributed by atoms with van der Waals surface area (Å²) >= 11 is 3.66. The molecule has 1 aromatic carbocycles. The van der Waals surface area contributed by atoms with Crippen LogP contribution in [0.25, 0.3) is 0 Å². The van der Waals surface area contributed by atoms with E-state index in [1.54, 1.807) is 0 Å². The van der Waals surface area contributed by atoms with E-state index in [9.17, 15) is 0 Å². The molecule has 0 saturated heterocycles. The molecule has 0 bridgehead atoms. The minimum absolute atomic E-state index is 0.508. The van der Waals surface area contributed by atoms with Crippen molar-refractivity contribution in [2.24, 2.45) is 0 Å². The molecule has 0 fully saturated rings. The maximum atomic E-state index is 3.70. The van der Waals surface area contributed by atoms with Crippen LogP contribution in [0, 0.1) is 6.92 Å². The van der Waals surface area contributed by atoms with Crippen molar-refractivity contribution in [3.63, 3.8) is 0 Å². The SMILES string of the molecule is CCCCCCCC(NCCC)c1ccc(C)c(Br)c1. The van der Waals surface area contributed by atoms with Crippen molar-refractivity contribution in [2.45, 2.75) is 71.8 Å². The molecule has 1 unspecified atom stereocenters. The van der Waals surface area contributed by atoms with Crippen LogP contribution in [0.3, 0.4) is 0 Å². The van der Waals surface area contributed by atoms with Gasteiger partial charge in [0.25, 0.3) is 0 Å². The lowest BCUT2D eigenvalue weighted by molar-refractivity contribution is 0.468. The second kappa shape index (κ2) is 10.4. The van der Waals surface area contributed by atoms with Crippen molar-refractivity contribution in [3.8, 4) is 0 Å². The van der Waals surface area contributed by atoms with E-state index in [1.807, 2.05) is 0 Å². The van der Waals surface area contributed by atoms with E-state index in [0.29, 0.717) is 6.04 Å². The molecule has 0 saturated carbocycles. The Morgan fingerprint density at radius 1 is 1.05 bits per heavy atom. The van der Waals surface area contributed by atoms with Gasteiger partial charge >= 0.3 is 0 Å². The lowest BCUT2D eigenvalue weighted by atomic mass is 9.98. The number of hydrogen-bond donors (Lipinski definition) is 1. The second-order valence-electron chi connectivity index (χ2n) is 5.72. The highest BCUT2D eigenvalue weighted by atomic mass is 79.9. The molecule has 0 radical (unpaired) electrons. The Balaban J connectivity index is 2.55. The first-order valence-corrected chi connectivity index (χ1v) is 8.97. The molecule has 20 heavy (non-hydrogen) atoms. The summed E-state index contributed by atoms with van der Waals surface area (Å²) < 4.78 is 1.23. The Kier molecular flexibility index (Phi) is 9.21. The largest absolute Gasteiger partial charge is 0.310 e. The number of rotatable bonds is 10. The van der Waals surface area contributed by atoms with Gasteiger partial charge in [-0.15, -0.1) is 0 Å². The van der Waals surface area contributed by atoms with Crippen LogP contribution in [0.5, 0.6) is 0 Å². The standard InChI is InChI=1S/C18H30BrN/c1-4-6-7-8-9-10-18(20-13-5-2)16-12-11-15(3)17(19)14-16/h11-12,14,18,20H,4-10,13H2,1-3H3. The number of benzene rings is 1. The van der Waals surface area contributed by atoms with Gasteiger partial charge in [0, 0.05) is 10.5 Å². The quantitative estimate of drug-likeness (QED) is 0.503. The monoisotopic (exact) mass is 339 g/mol. The van der Waals surface area contributed by atoms with Gasteiger partial charge < -0.3 is 5.32 Å². The third kappa shape index (κ3) is 6.41. The highest BCUT2D eigenvalue weighted by Gasteiger charge is 2.11. The maximum Gasteiger partial charge on any atom is 0.0320 e. The summed E-state index contributed by atoms with van der Waals surface area (Å²) in [6.07, 6.45) is 9.22. The van der Waals surface area contributed by atoms with E-state index < -0.39 is 0 Å². The molecule has 2 heteroatoms. The molecule has 0 aromatic heterocycles. The minimum Gasteiger partial charge on any atom is -0.310 e. The van der Waals surface area contributed by atoms with Crippen LogP contribution in [-0.4, -0.2) is 6.54 Å². The predicted molar refractivity (Wildman–Crippen MR) is 93.3 cm³/mol. The Hall–Kier alpha value is -0.340. The van der Waals surface area contributed by atoms with E-state index in [4.69, 9.17) is 0 Å². The van der Waals surface area contributed by atoms with E-state index in [0.717, 1.165) is 6.54 Å². The zero-order chi connectivity index (χ0) is 14.8. The summed E-state index contributed by atoms with van der Waals surface area (Å²) in [5, 5.41) is 3.70. The summed E-state index contributed by atoms with van der Waals surface area (Å²) in [7, 11) is 0. The fourth-order valence-corrected chi connectivity index (χ4v) is 2.88. The molecule has 1 atom stereocenters. The first-order valence-electron chi connectivity index (χ1n) is 8.18. The summed E-state index contributed by atoms with van der Waals surface area (Å²) in [6, 6.07) is 7.29. The average molecular weight is 340 g/mol. The Morgan fingerprint density at radius 2 is 1.80 bits per heavy atom. The smallest absolute Gasteiger partial charge is 0.0320 e. The number of unbranched alkanes of at least 4 members (excludes halogenated alkanes) is 4. The zero-order valence-corrected chi connectivity index (χ0v) is 14.9. The number of aryl methyl sites for hydroxylation is 1. The molecule has 0 aliphatic carbocycles. The van der Waals surface area contributed by atoms with Crippen LogP contribution in [0.1, 0.15) is 76.0 Å². The third-order valence-corrected chi connectivity index (χ3v) is 4.69. The summed E-state index contributed by atoms with van der Waals surface area (Å²) in [6.45, 7) is 7.75. The number of halogens is 1. The fraction of sp³-hybridized carbons (Fsp3) is 0.667. The fourth-order valence-electron chi connectivity index (χ4n) is 2.48. The lowest BCUT2D eigenvalue weighted by Crippen LogP contribution is -2.22. The first-order chi connectivity index (χ1) is 9.69. The summed E-state index contributed by atoms with van der Waals surface area (Å²) in [5.41, 5.74) is 2.73. The molecule has 1 N–H and O–H groups in total. The summed E-state index contributed by atoms with van der Waals surface area (Å²) in [5.74, 6) is 0. The van der Waals surface area contributed by atoms with E-state index in [2.05, 4.69) is 60.2 Å². The van der Waals surface area contributed by atoms with Gasteiger partial charge in [0.15, 0.2) is 0 Å². The van der Waals surface area contributed by atoms with E-state index >= 15 is 0 Å². The van der Waals surface area contributed by atoms with Crippen molar-refractivity contribution < 1.29 is 0 Å². The molecule has 114 valence electrons. The Morgan fingerprint density at radius 3 is 2.45 bits per heavy atom. The van der Waals surface area contributed by atoms with Gasteiger partial charge in [0.1, 0.15) is 0 Å². The molecule has 1 rings (SSSR count). The van der Waals surface area contributed by atoms with Gasteiger partial charge in [-0.3, -0.25) is 0 Å². The molecule has 0 spiro atoms. The molecule has 1 nitrogen and oxygen atoms in total. The number of hydrogen-bond acceptors (Lipinski definition) is 1. The van der Waals surface area contributed by atoms with E-state index in [-0.39, 0.29) is 0 Å². The van der Waals surface area contributed by atoms with E-state index in [1.165, 1.54) is 60.5 Å². The maximum absolute atomic E-state index is 3.70. The highest BCUT2D eigenvalue weighted by Crippen LogP contribution is 2.25. The molecule has 0 aliphatic heterocycles. The third-order valence-electron chi connectivity index (χ3n) is 3.84. The van der Waals surface area contributed by atoms with Crippen LogP contribution in [-0.2, 0) is 0 Å². The average Bonchev–Trinajstić information content (AvgIpc) is 2.45. The first kappa shape index (κ1) is 17.7. The van der Waals surface area contributed by atoms with Crippen LogP contribution < -0.4 is 5.32 Å². The Bertz CT molecular complexity index is 376. The normalized spacial score (nSPS) is 12.6. The van der Waals surface area contributed by atoms with Gasteiger partial charge in [0.05, 0.1) is 0 Å². The highest BCUT2D eigenvalue weighted by molar-refractivity contribution is 9.10. The van der Waals surface area contributed by atoms with Crippen LogP contribution in [0.15, 0.2) is 22.7 Å². The number of nitrogens with one attached hydrogen (secondary N) is 1. The molecular weight excluding hydrogens is 310 g/mol. The van der Waals surface area contributed by atoms with Crippen LogP contribution in [0.4, 0.5) is 0 Å². The topological polar surface area (TPSA) is 12.0 Å². The van der Waals surface area contributed by atoms with Gasteiger partial charge in [-0.1, -0.05) is 74.0 Å².